The molecule has 0 aliphatic carbocycles. The van der Waals surface area contributed by atoms with Gasteiger partial charge >= 0.3 is 0 Å². The molecule has 1 amide bonds. The molecule has 36 heavy (non-hydrogen) atoms. The minimum atomic E-state index is -0.307. The Balaban J connectivity index is 1.29. The van der Waals surface area contributed by atoms with E-state index in [4.69, 9.17) is 11.6 Å². The molecule has 0 radical (unpaired) electrons. The summed E-state index contributed by atoms with van der Waals surface area (Å²) in [6, 6.07) is 16.0. The summed E-state index contributed by atoms with van der Waals surface area (Å²) in [5.41, 5.74) is 3.28. The third-order valence-electron chi connectivity index (χ3n) is 6.60. The molecular weight excluding hydrogens is 492 g/mol. The fourth-order valence-corrected chi connectivity index (χ4v) is 5.51. The summed E-state index contributed by atoms with van der Waals surface area (Å²) >= 11 is 7.43. The topological polar surface area (TPSA) is 66.4 Å². The van der Waals surface area contributed by atoms with E-state index >= 15 is 0 Å². The van der Waals surface area contributed by atoms with Crippen molar-refractivity contribution in [1.29, 1.82) is 0 Å². The van der Waals surface area contributed by atoms with Crippen LogP contribution in [0.3, 0.4) is 0 Å². The van der Waals surface area contributed by atoms with Crippen LogP contribution in [0.25, 0.3) is 0 Å². The van der Waals surface area contributed by atoms with E-state index in [0.29, 0.717) is 11.6 Å². The Morgan fingerprint density at radius 2 is 1.72 bits per heavy atom. The van der Waals surface area contributed by atoms with Crippen molar-refractivity contribution in [2.24, 2.45) is 5.92 Å². The number of carbonyl (C=O) groups excluding carboxylic acids is 2. The van der Waals surface area contributed by atoms with Crippen LogP contribution in [0, 0.1) is 5.92 Å². The van der Waals surface area contributed by atoms with Gasteiger partial charge in [0.05, 0.1) is 6.42 Å². The lowest BCUT2D eigenvalue weighted by atomic mass is 10.0. The van der Waals surface area contributed by atoms with Crippen molar-refractivity contribution >= 4 is 40.3 Å². The van der Waals surface area contributed by atoms with Crippen molar-refractivity contribution in [2.75, 3.05) is 24.5 Å². The van der Waals surface area contributed by atoms with Crippen LogP contribution in [0.5, 0.6) is 0 Å². The molecule has 1 unspecified atom stereocenters. The first-order valence-corrected chi connectivity index (χ1v) is 13.8. The van der Waals surface area contributed by atoms with Crippen LogP contribution in [0.1, 0.15) is 47.8 Å². The van der Waals surface area contributed by atoms with Gasteiger partial charge in [0.25, 0.3) is 0 Å². The average Bonchev–Trinajstić information content (AvgIpc) is 3.50. The van der Waals surface area contributed by atoms with Crippen molar-refractivity contribution < 1.29 is 9.59 Å². The molecule has 190 valence electrons. The number of benzene rings is 2. The molecule has 3 aromatic rings. The predicted molar refractivity (Wildman–Crippen MR) is 146 cm³/mol. The van der Waals surface area contributed by atoms with Crippen LogP contribution in [-0.2, 0) is 35.4 Å². The van der Waals surface area contributed by atoms with Crippen LogP contribution in [0.2, 0.25) is 5.02 Å². The SMILES string of the molecule is CCCN(CC)Cc1ccc(N2CC(C(=O)Cc3nnc(CCc4ccc(Cl)cc4)s3)CC2=O)cc1. The summed E-state index contributed by atoms with van der Waals surface area (Å²) in [5.74, 6) is -0.247. The molecule has 1 aliphatic heterocycles. The Kier molecular flexibility index (Phi) is 9.24. The van der Waals surface area contributed by atoms with Gasteiger partial charge in [-0.05, 0) is 61.3 Å². The number of aromatic nitrogens is 2. The molecule has 1 atom stereocenters. The Labute approximate surface area is 222 Å². The summed E-state index contributed by atoms with van der Waals surface area (Å²) in [7, 11) is 0. The van der Waals surface area contributed by atoms with Crippen molar-refractivity contribution in [1.82, 2.24) is 15.1 Å². The highest BCUT2D eigenvalue weighted by atomic mass is 35.5. The van der Waals surface area contributed by atoms with Gasteiger partial charge in [0.15, 0.2) is 0 Å². The van der Waals surface area contributed by atoms with E-state index in [1.807, 2.05) is 36.4 Å². The number of carbonyl (C=O) groups is 2. The van der Waals surface area contributed by atoms with E-state index in [-0.39, 0.29) is 30.4 Å². The smallest absolute Gasteiger partial charge is 0.227 e. The number of nitrogens with zero attached hydrogens (tertiary/aromatic N) is 4. The standard InChI is InChI=1S/C28H33ClN4O2S/c1-3-15-32(4-2)18-21-7-12-24(13-8-21)33-19-22(16-28(33)35)25(34)17-27-31-30-26(36-27)14-9-20-5-10-23(29)11-6-20/h5-8,10-13,22H,3-4,9,14-19H2,1-2H3. The number of halogens is 1. The zero-order valence-electron chi connectivity index (χ0n) is 21.0. The number of hydrogen-bond donors (Lipinski definition) is 0. The second-order valence-corrected chi connectivity index (χ2v) is 10.9. The first kappa shape index (κ1) is 26.5. The molecule has 0 spiro atoms. The van der Waals surface area contributed by atoms with E-state index in [1.165, 1.54) is 22.5 Å². The molecule has 8 heteroatoms. The Morgan fingerprint density at radius 1 is 1.03 bits per heavy atom. The minimum absolute atomic E-state index is 0.00295. The van der Waals surface area contributed by atoms with Crippen LogP contribution in [-0.4, -0.2) is 46.4 Å². The Hall–Kier alpha value is -2.61. The van der Waals surface area contributed by atoms with Gasteiger partial charge in [-0.1, -0.05) is 49.7 Å². The summed E-state index contributed by atoms with van der Waals surface area (Å²) in [4.78, 5) is 29.8. The van der Waals surface area contributed by atoms with Gasteiger partial charge in [-0.25, -0.2) is 0 Å². The number of ketones is 1. The van der Waals surface area contributed by atoms with Gasteiger partial charge in [0.1, 0.15) is 15.8 Å². The number of Topliss-reactive ketones (excluding diaryl/α,β-unsaturated/α-hetero) is 1. The molecule has 2 heterocycles. The fourth-order valence-electron chi connectivity index (χ4n) is 4.53. The second-order valence-electron chi connectivity index (χ2n) is 9.30. The Morgan fingerprint density at radius 3 is 2.42 bits per heavy atom. The van der Waals surface area contributed by atoms with E-state index < -0.39 is 0 Å². The maximum atomic E-state index is 13.0. The quantitative estimate of drug-likeness (QED) is 0.318. The normalized spacial score (nSPS) is 15.7. The van der Waals surface area contributed by atoms with Crippen molar-refractivity contribution in [3.8, 4) is 0 Å². The van der Waals surface area contributed by atoms with Crippen LogP contribution < -0.4 is 4.90 Å². The molecule has 1 fully saturated rings. The maximum absolute atomic E-state index is 13.0. The first-order valence-electron chi connectivity index (χ1n) is 12.6. The Bertz CT molecular complexity index is 1160. The summed E-state index contributed by atoms with van der Waals surface area (Å²) in [5, 5.41) is 10.8. The van der Waals surface area contributed by atoms with E-state index in [9.17, 15) is 9.59 Å². The summed E-state index contributed by atoms with van der Waals surface area (Å²) in [6.45, 7) is 7.79. The first-order chi connectivity index (χ1) is 17.4. The molecule has 1 aromatic heterocycles. The van der Waals surface area contributed by atoms with Crippen molar-refractivity contribution in [2.45, 2.75) is 52.5 Å². The molecule has 4 rings (SSSR count). The average molecular weight is 525 g/mol. The fraction of sp³-hybridized carbons (Fsp3) is 0.429. The van der Waals surface area contributed by atoms with Gasteiger partial charge in [0.2, 0.25) is 5.91 Å². The highest BCUT2D eigenvalue weighted by Gasteiger charge is 2.35. The van der Waals surface area contributed by atoms with Gasteiger partial charge in [-0.15, -0.1) is 21.5 Å². The third-order valence-corrected chi connectivity index (χ3v) is 7.83. The highest BCUT2D eigenvalue weighted by Crippen LogP contribution is 2.27. The number of amides is 1. The summed E-state index contributed by atoms with van der Waals surface area (Å²) in [6.07, 6.45) is 3.23. The van der Waals surface area contributed by atoms with Crippen molar-refractivity contribution in [3.63, 3.8) is 0 Å². The largest absolute Gasteiger partial charge is 0.312 e. The molecular formula is C28H33ClN4O2S. The molecule has 6 nitrogen and oxygen atoms in total. The van der Waals surface area contributed by atoms with Gasteiger partial charge in [-0.3, -0.25) is 14.5 Å². The molecule has 2 aromatic carbocycles. The van der Waals surface area contributed by atoms with Gasteiger partial charge < -0.3 is 4.90 Å². The number of hydrogen-bond acceptors (Lipinski definition) is 6. The number of anilines is 1. The van der Waals surface area contributed by atoms with Crippen molar-refractivity contribution in [3.05, 3.63) is 74.7 Å². The summed E-state index contributed by atoms with van der Waals surface area (Å²) < 4.78 is 0. The second kappa shape index (κ2) is 12.6. The number of rotatable bonds is 12. The van der Waals surface area contributed by atoms with E-state index in [1.54, 1.807) is 4.90 Å². The molecule has 0 saturated carbocycles. The minimum Gasteiger partial charge on any atom is -0.312 e. The van der Waals surface area contributed by atoms with Crippen LogP contribution >= 0.6 is 22.9 Å². The molecule has 1 saturated heterocycles. The zero-order valence-corrected chi connectivity index (χ0v) is 22.5. The van der Waals surface area contributed by atoms with E-state index in [2.05, 4.69) is 41.1 Å². The van der Waals surface area contributed by atoms with Gasteiger partial charge in [0, 0.05) is 42.6 Å². The predicted octanol–water partition coefficient (Wildman–Crippen LogP) is 5.37. The molecule has 0 N–H and O–H groups in total. The lowest BCUT2D eigenvalue weighted by molar-refractivity contribution is -0.124. The van der Waals surface area contributed by atoms with Crippen LogP contribution in [0.4, 0.5) is 5.69 Å². The lowest BCUT2D eigenvalue weighted by Gasteiger charge is -2.21. The highest BCUT2D eigenvalue weighted by molar-refractivity contribution is 7.11. The molecule has 1 aliphatic rings. The third kappa shape index (κ3) is 6.99. The monoisotopic (exact) mass is 524 g/mol. The van der Waals surface area contributed by atoms with Gasteiger partial charge in [-0.2, -0.15) is 0 Å². The number of aryl methyl sites for hydroxylation is 2. The maximum Gasteiger partial charge on any atom is 0.227 e. The lowest BCUT2D eigenvalue weighted by Crippen LogP contribution is -2.26. The molecule has 0 bridgehead atoms. The van der Waals surface area contributed by atoms with Crippen LogP contribution in [0.15, 0.2) is 48.5 Å². The zero-order chi connectivity index (χ0) is 25.5. The van der Waals surface area contributed by atoms with E-state index in [0.717, 1.165) is 54.6 Å².